The number of carbonyl (C=O) groups is 1. The summed E-state index contributed by atoms with van der Waals surface area (Å²) >= 11 is 0. The molecule has 1 aromatic carbocycles. The molecule has 18 heavy (non-hydrogen) atoms. The minimum absolute atomic E-state index is 0.00587. The zero-order valence-corrected chi connectivity index (χ0v) is 11.8. The second-order valence-corrected chi connectivity index (χ2v) is 4.87. The van der Waals surface area contributed by atoms with E-state index in [2.05, 4.69) is 26.1 Å². The van der Waals surface area contributed by atoms with Crippen molar-refractivity contribution in [2.75, 3.05) is 11.1 Å². The summed E-state index contributed by atoms with van der Waals surface area (Å²) in [5.74, 6) is 0.648. The Hall–Kier alpha value is -1.51. The zero-order chi connectivity index (χ0) is 13.7. The molecule has 0 spiro atoms. The Kier molecular flexibility index (Phi) is 5.20. The van der Waals surface area contributed by atoms with Crippen LogP contribution in [0.3, 0.4) is 0 Å². The van der Waals surface area contributed by atoms with Gasteiger partial charge in [0.25, 0.3) is 0 Å². The summed E-state index contributed by atoms with van der Waals surface area (Å²) in [5.41, 5.74) is 7.89. The number of hydrogen-bond donors (Lipinski definition) is 2. The molecule has 0 aliphatic carbocycles. The molecular formula is C15H24N2O. The number of anilines is 2. The lowest BCUT2D eigenvalue weighted by atomic mass is 9.95. The first-order chi connectivity index (χ1) is 8.49. The number of benzene rings is 1. The first kappa shape index (κ1) is 14.6. The monoisotopic (exact) mass is 248 g/mol. The van der Waals surface area contributed by atoms with E-state index in [0.717, 1.165) is 18.5 Å². The molecule has 0 radical (unpaired) electrons. The van der Waals surface area contributed by atoms with Crippen LogP contribution in [-0.4, -0.2) is 11.8 Å². The predicted octanol–water partition coefficient (Wildman–Crippen LogP) is 3.71. The summed E-state index contributed by atoms with van der Waals surface area (Å²) in [4.78, 5) is 11.4. The maximum Gasteiger partial charge on any atom is 0.161 e. The molecule has 0 fully saturated rings. The van der Waals surface area contributed by atoms with E-state index in [4.69, 9.17) is 5.73 Å². The molecular weight excluding hydrogens is 224 g/mol. The minimum Gasteiger partial charge on any atom is -0.398 e. The standard InChI is InChI=1S/C15H24N2O/c1-5-12(6-2)10(3)17-13-7-8-15(16)14(9-13)11(4)18/h7-10,12,17H,5-6,16H2,1-4H3. The highest BCUT2D eigenvalue weighted by atomic mass is 16.1. The summed E-state index contributed by atoms with van der Waals surface area (Å²) < 4.78 is 0. The van der Waals surface area contributed by atoms with Gasteiger partial charge in [-0.15, -0.1) is 0 Å². The van der Waals surface area contributed by atoms with Gasteiger partial charge in [0.15, 0.2) is 5.78 Å². The average Bonchev–Trinajstić information content (AvgIpc) is 2.32. The van der Waals surface area contributed by atoms with Crippen LogP contribution in [0.5, 0.6) is 0 Å². The van der Waals surface area contributed by atoms with Crippen LogP contribution in [0.1, 0.15) is 50.9 Å². The van der Waals surface area contributed by atoms with Crippen LogP contribution >= 0.6 is 0 Å². The number of nitrogens with two attached hydrogens (primary N) is 1. The molecule has 0 aromatic heterocycles. The van der Waals surface area contributed by atoms with Gasteiger partial charge < -0.3 is 11.1 Å². The van der Waals surface area contributed by atoms with Crippen molar-refractivity contribution in [1.29, 1.82) is 0 Å². The van der Waals surface area contributed by atoms with Crippen molar-refractivity contribution in [2.45, 2.75) is 46.6 Å². The van der Waals surface area contributed by atoms with Crippen molar-refractivity contribution in [3.8, 4) is 0 Å². The summed E-state index contributed by atoms with van der Waals surface area (Å²) in [7, 11) is 0. The number of nitrogens with one attached hydrogen (secondary N) is 1. The Morgan fingerprint density at radius 1 is 1.33 bits per heavy atom. The molecule has 1 aromatic rings. The fraction of sp³-hybridized carbons (Fsp3) is 0.533. The Morgan fingerprint density at radius 2 is 1.94 bits per heavy atom. The topological polar surface area (TPSA) is 55.1 Å². The second-order valence-electron chi connectivity index (χ2n) is 4.87. The van der Waals surface area contributed by atoms with Crippen LogP contribution in [0.4, 0.5) is 11.4 Å². The molecule has 0 heterocycles. The van der Waals surface area contributed by atoms with Crippen molar-refractivity contribution < 1.29 is 4.79 Å². The van der Waals surface area contributed by atoms with Crippen LogP contribution in [-0.2, 0) is 0 Å². The summed E-state index contributed by atoms with van der Waals surface area (Å²) in [6.45, 7) is 8.13. The second kappa shape index (κ2) is 6.43. The third kappa shape index (κ3) is 3.49. The van der Waals surface area contributed by atoms with Gasteiger partial charge in [0, 0.05) is 23.0 Å². The summed E-state index contributed by atoms with van der Waals surface area (Å²) in [6, 6.07) is 5.96. The van der Waals surface area contributed by atoms with Crippen LogP contribution in [0.15, 0.2) is 18.2 Å². The molecule has 3 heteroatoms. The van der Waals surface area contributed by atoms with Gasteiger partial charge in [0.05, 0.1) is 0 Å². The minimum atomic E-state index is 0.00587. The Bertz CT molecular complexity index is 411. The van der Waals surface area contributed by atoms with Crippen LogP contribution in [0.2, 0.25) is 0 Å². The first-order valence-corrected chi connectivity index (χ1v) is 6.66. The van der Waals surface area contributed by atoms with Crippen molar-refractivity contribution in [1.82, 2.24) is 0 Å². The molecule has 0 bridgehead atoms. The summed E-state index contributed by atoms with van der Waals surface area (Å²) in [6.07, 6.45) is 2.30. The van der Waals surface area contributed by atoms with Gasteiger partial charge in [-0.1, -0.05) is 26.7 Å². The molecule has 1 rings (SSSR count). The van der Waals surface area contributed by atoms with Crippen molar-refractivity contribution in [3.05, 3.63) is 23.8 Å². The molecule has 1 unspecified atom stereocenters. The fourth-order valence-corrected chi connectivity index (χ4v) is 2.33. The number of Topliss-reactive ketones (excluding diaryl/α,β-unsaturated/α-hetero) is 1. The SMILES string of the molecule is CCC(CC)C(C)Nc1ccc(N)c(C(C)=O)c1. The van der Waals surface area contributed by atoms with Gasteiger partial charge in [-0.3, -0.25) is 4.79 Å². The van der Waals surface area contributed by atoms with Gasteiger partial charge in [-0.2, -0.15) is 0 Å². The third-order valence-corrected chi connectivity index (χ3v) is 3.58. The number of hydrogen-bond acceptors (Lipinski definition) is 3. The van der Waals surface area contributed by atoms with Gasteiger partial charge in [0.2, 0.25) is 0 Å². The van der Waals surface area contributed by atoms with Crippen molar-refractivity contribution in [3.63, 3.8) is 0 Å². The van der Waals surface area contributed by atoms with Crippen LogP contribution in [0, 0.1) is 5.92 Å². The molecule has 0 aliphatic rings. The molecule has 0 amide bonds. The molecule has 3 nitrogen and oxygen atoms in total. The van der Waals surface area contributed by atoms with E-state index in [1.165, 1.54) is 0 Å². The molecule has 3 N–H and O–H groups in total. The lowest BCUT2D eigenvalue weighted by Gasteiger charge is -2.24. The highest BCUT2D eigenvalue weighted by molar-refractivity contribution is 6.00. The molecule has 1 atom stereocenters. The number of ketones is 1. The first-order valence-electron chi connectivity index (χ1n) is 6.66. The lowest BCUT2D eigenvalue weighted by Crippen LogP contribution is -2.25. The van der Waals surface area contributed by atoms with E-state index in [-0.39, 0.29) is 5.78 Å². The van der Waals surface area contributed by atoms with Crippen LogP contribution < -0.4 is 11.1 Å². The Labute approximate surface area is 110 Å². The van der Waals surface area contributed by atoms with E-state index in [1.807, 2.05) is 12.1 Å². The normalized spacial score (nSPS) is 12.5. The largest absolute Gasteiger partial charge is 0.398 e. The molecule has 0 aliphatic heterocycles. The highest BCUT2D eigenvalue weighted by Gasteiger charge is 2.14. The number of rotatable bonds is 6. The van der Waals surface area contributed by atoms with E-state index >= 15 is 0 Å². The highest BCUT2D eigenvalue weighted by Crippen LogP contribution is 2.22. The molecule has 0 saturated heterocycles. The van der Waals surface area contributed by atoms with E-state index in [9.17, 15) is 4.79 Å². The van der Waals surface area contributed by atoms with Gasteiger partial charge in [-0.05, 0) is 38.0 Å². The Morgan fingerprint density at radius 3 is 2.44 bits per heavy atom. The maximum atomic E-state index is 11.4. The lowest BCUT2D eigenvalue weighted by molar-refractivity contribution is 0.101. The van der Waals surface area contributed by atoms with E-state index < -0.39 is 0 Å². The Balaban J connectivity index is 2.85. The smallest absolute Gasteiger partial charge is 0.161 e. The van der Waals surface area contributed by atoms with Crippen molar-refractivity contribution in [2.24, 2.45) is 5.92 Å². The summed E-state index contributed by atoms with van der Waals surface area (Å²) in [5, 5.41) is 3.46. The van der Waals surface area contributed by atoms with Crippen molar-refractivity contribution >= 4 is 17.2 Å². The van der Waals surface area contributed by atoms with E-state index in [0.29, 0.717) is 23.2 Å². The van der Waals surface area contributed by atoms with Gasteiger partial charge in [0.1, 0.15) is 0 Å². The van der Waals surface area contributed by atoms with Gasteiger partial charge >= 0.3 is 0 Å². The molecule has 0 saturated carbocycles. The van der Waals surface area contributed by atoms with Gasteiger partial charge in [-0.25, -0.2) is 0 Å². The zero-order valence-electron chi connectivity index (χ0n) is 11.8. The third-order valence-electron chi connectivity index (χ3n) is 3.58. The quantitative estimate of drug-likeness (QED) is 0.596. The predicted molar refractivity (Wildman–Crippen MR) is 78.0 cm³/mol. The number of nitrogen functional groups attached to an aromatic ring is 1. The van der Waals surface area contributed by atoms with Crippen LogP contribution in [0.25, 0.3) is 0 Å². The van der Waals surface area contributed by atoms with E-state index in [1.54, 1.807) is 13.0 Å². The average molecular weight is 248 g/mol. The molecule has 100 valence electrons. The fourth-order valence-electron chi connectivity index (χ4n) is 2.33. The number of carbonyl (C=O) groups excluding carboxylic acids is 1. The maximum absolute atomic E-state index is 11.4.